The third-order valence-corrected chi connectivity index (χ3v) is 7.94. The van der Waals surface area contributed by atoms with Crippen LogP contribution in [0.4, 0.5) is 0 Å². The highest BCUT2D eigenvalue weighted by Crippen LogP contribution is 2.60. The van der Waals surface area contributed by atoms with Gasteiger partial charge in [-0.1, -0.05) is 61.9 Å². The molecule has 0 aromatic heterocycles. The zero-order chi connectivity index (χ0) is 25.5. The van der Waals surface area contributed by atoms with Gasteiger partial charge in [0, 0.05) is 11.8 Å². The molecule has 1 fully saturated rings. The monoisotopic (exact) mass is 495 g/mol. The molecule has 6 heteroatoms. The highest BCUT2D eigenvalue weighted by Gasteiger charge is 2.61. The van der Waals surface area contributed by atoms with Gasteiger partial charge in [0.05, 0.1) is 30.6 Å². The Kier molecular flexibility index (Phi) is 6.03. The van der Waals surface area contributed by atoms with E-state index in [1.807, 2.05) is 24.3 Å². The van der Waals surface area contributed by atoms with Crippen LogP contribution in [0.25, 0.3) is 0 Å². The number of carbonyl (C=O) groups is 3. The Morgan fingerprint density at radius 1 is 0.757 bits per heavy atom. The summed E-state index contributed by atoms with van der Waals surface area (Å²) in [6, 6.07) is 23.2. The zero-order valence-electron chi connectivity index (χ0n) is 20.8. The van der Waals surface area contributed by atoms with Crippen LogP contribution in [-0.2, 0) is 14.3 Å². The second-order valence-corrected chi connectivity index (χ2v) is 9.96. The van der Waals surface area contributed by atoms with Gasteiger partial charge in [-0.05, 0) is 52.9 Å². The molecule has 3 aliphatic carbocycles. The van der Waals surface area contributed by atoms with Crippen molar-refractivity contribution in [2.75, 3.05) is 19.8 Å². The molecule has 2 atom stereocenters. The molecule has 0 unspecified atom stereocenters. The molecule has 188 valence electrons. The molecule has 0 radical (unpaired) electrons. The van der Waals surface area contributed by atoms with Crippen LogP contribution in [0.1, 0.15) is 64.2 Å². The molecule has 1 aliphatic heterocycles. The fraction of sp³-hybridized carbons (Fsp3) is 0.323. The SMILES string of the molecule is CCCCOc1ccc(C(=O)OCCN2C(=O)[C@@H]3C4c5ccccc5C(c5ccccc54)[C@H]3C2=O)cc1. The lowest BCUT2D eigenvalue weighted by atomic mass is 9.55. The number of benzene rings is 3. The van der Waals surface area contributed by atoms with Gasteiger partial charge in [0.25, 0.3) is 0 Å². The van der Waals surface area contributed by atoms with E-state index in [0.29, 0.717) is 17.9 Å². The topological polar surface area (TPSA) is 72.9 Å². The van der Waals surface area contributed by atoms with Gasteiger partial charge in [0.15, 0.2) is 0 Å². The average molecular weight is 496 g/mol. The standard InChI is InChI=1S/C31H29NO5/c1-2-3-17-36-20-14-12-19(13-15-20)31(35)37-18-16-32-29(33)27-25-21-8-4-5-9-22(21)26(28(27)30(32)34)24-11-7-6-10-23(24)25/h4-15,25-28H,2-3,16-18H2,1H3/t25?,26?,27-,28-/m1/s1. The summed E-state index contributed by atoms with van der Waals surface area (Å²) >= 11 is 0. The fourth-order valence-electron chi connectivity index (χ4n) is 6.29. The molecule has 3 aromatic carbocycles. The number of ether oxygens (including phenoxy) is 2. The molecule has 2 amide bonds. The van der Waals surface area contributed by atoms with Gasteiger partial charge < -0.3 is 9.47 Å². The minimum atomic E-state index is -0.489. The maximum absolute atomic E-state index is 13.6. The van der Waals surface area contributed by atoms with E-state index in [4.69, 9.17) is 9.47 Å². The van der Waals surface area contributed by atoms with Crippen molar-refractivity contribution in [3.8, 4) is 5.75 Å². The molecule has 0 spiro atoms. The maximum atomic E-state index is 13.6. The van der Waals surface area contributed by atoms with E-state index >= 15 is 0 Å². The van der Waals surface area contributed by atoms with Crippen molar-refractivity contribution < 1.29 is 23.9 Å². The Balaban J connectivity index is 1.15. The minimum absolute atomic E-state index is 0.0419. The summed E-state index contributed by atoms with van der Waals surface area (Å²) in [5.41, 5.74) is 4.97. The van der Waals surface area contributed by atoms with Crippen LogP contribution in [0.2, 0.25) is 0 Å². The van der Waals surface area contributed by atoms with E-state index in [2.05, 4.69) is 31.2 Å². The van der Waals surface area contributed by atoms with Gasteiger partial charge in [0.2, 0.25) is 11.8 Å². The molecule has 7 rings (SSSR count). The normalized spacial score (nSPS) is 22.9. The van der Waals surface area contributed by atoms with Crippen molar-refractivity contribution in [2.24, 2.45) is 11.8 Å². The predicted octanol–water partition coefficient (Wildman–Crippen LogP) is 4.91. The second kappa shape index (κ2) is 9.51. The van der Waals surface area contributed by atoms with Crippen molar-refractivity contribution in [3.63, 3.8) is 0 Å². The summed E-state index contributed by atoms with van der Waals surface area (Å²) in [5.74, 6) is -1.23. The molecular weight excluding hydrogens is 466 g/mol. The number of amides is 2. The lowest BCUT2D eigenvalue weighted by Gasteiger charge is -2.45. The molecule has 1 heterocycles. The summed E-state index contributed by atoms with van der Waals surface area (Å²) in [5, 5.41) is 0. The number of carbonyl (C=O) groups excluding carboxylic acids is 3. The predicted molar refractivity (Wildman–Crippen MR) is 137 cm³/mol. The van der Waals surface area contributed by atoms with Crippen molar-refractivity contribution >= 4 is 17.8 Å². The Hall–Kier alpha value is -3.93. The van der Waals surface area contributed by atoms with Crippen molar-refractivity contribution in [1.29, 1.82) is 0 Å². The summed E-state index contributed by atoms with van der Waals surface area (Å²) in [6.07, 6.45) is 2.02. The first-order chi connectivity index (χ1) is 18.1. The number of nitrogens with zero attached hydrogens (tertiary/aromatic N) is 1. The molecule has 3 aromatic rings. The Morgan fingerprint density at radius 2 is 1.27 bits per heavy atom. The number of rotatable bonds is 8. The van der Waals surface area contributed by atoms with E-state index in [-0.39, 0.29) is 36.8 Å². The number of hydrogen-bond acceptors (Lipinski definition) is 5. The fourth-order valence-corrected chi connectivity index (χ4v) is 6.29. The molecule has 0 saturated carbocycles. The number of imide groups is 1. The summed E-state index contributed by atoms with van der Waals surface area (Å²) < 4.78 is 11.1. The first-order valence-corrected chi connectivity index (χ1v) is 13.0. The first-order valence-electron chi connectivity index (χ1n) is 13.0. The molecule has 0 N–H and O–H groups in total. The highest BCUT2D eigenvalue weighted by atomic mass is 16.5. The quantitative estimate of drug-likeness (QED) is 0.252. The molecule has 1 saturated heterocycles. The van der Waals surface area contributed by atoms with Crippen LogP contribution in [0, 0.1) is 11.8 Å². The highest BCUT2D eigenvalue weighted by molar-refractivity contribution is 6.07. The van der Waals surface area contributed by atoms with Crippen LogP contribution in [0.3, 0.4) is 0 Å². The molecule has 2 bridgehead atoms. The second-order valence-electron chi connectivity index (χ2n) is 9.96. The molecule has 4 aliphatic rings. The molecule has 6 nitrogen and oxygen atoms in total. The van der Waals surface area contributed by atoms with Gasteiger partial charge in [0.1, 0.15) is 12.4 Å². The third-order valence-electron chi connectivity index (χ3n) is 7.94. The maximum Gasteiger partial charge on any atom is 0.338 e. The minimum Gasteiger partial charge on any atom is -0.494 e. The number of likely N-dealkylation sites (tertiary alicyclic amines) is 1. The summed E-state index contributed by atoms with van der Waals surface area (Å²) in [6.45, 7) is 2.75. The Bertz CT molecular complexity index is 1250. The van der Waals surface area contributed by atoms with E-state index in [1.165, 1.54) is 4.90 Å². The van der Waals surface area contributed by atoms with Crippen molar-refractivity contribution in [1.82, 2.24) is 4.90 Å². The summed E-state index contributed by atoms with van der Waals surface area (Å²) in [7, 11) is 0. The number of hydrogen-bond donors (Lipinski definition) is 0. The van der Waals surface area contributed by atoms with E-state index in [1.54, 1.807) is 24.3 Å². The third kappa shape index (κ3) is 3.82. The van der Waals surface area contributed by atoms with E-state index < -0.39 is 17.8 Å². The molecular formula is C31H29NO5. The first kappa shape index (κ1) is 23.5. The van der Waals surface area contributed by atoms with Gasteiger partial charge in [-0.2, -0.15) is 0 Å². The lowest BCUT2D eigenvalue weighted by molar-refractivity contribution is -0.140. The van der Waals surface area contributed by atoms with Crippen LogP contribution < -0.4 is 4.74 Å². The van der Waals surface area contributed by atoms with E-state index in [0.717, 1.165) is 35.1 Å². The smallest absolute Gasteiger partial charge is 0.338 e. The lowest BCUT2D eigenvalue weighted by Crippen LogP contribution is -2.41. The van der Waals surface area contributed by atoms with Gasteiger partial charge >= 0.3 is 5.97 Å². The van der Waals surface area contributed by atoms with Gasteiger partial charge in [-0.15, -0.1) is 0 Å². The average Bonchev–Trinajstić information content (AvgIpc) is 3.19. The van der Waals surface area contributed by atoms with Crippen LogP contribution in [-0.4, -0.2) is 42.4 Å². The van der Waals surface area contributed by atoms with Crippen LogP contribution >= 0.6 is 0 Å². The zero-order valence-corrected chi connectivity index (χ0v) is 20.8. The van der Waals surface area contributed by atoms with Gasteiger partial charge in [-0.3, -0.25) is 14.5 Å². The Labute approximate surface area is 216 Å². The van der Waals surface area contributed by atoms with Crippen molar-refractivity contribution in [3.05, 3.63) is 101 Å². The van der Waals surface area contributed by atoms with Gasteiger partial charge in [-0.25, -0.2) is 4.79 Å². The summed E-state index contributed by atoms with van der Waals surface area (Å²) in [4.78, 5) is 41.1. The van der Waals surface area contributed by atoms with Crippen LogP contribution in [0.15, 0.2) is 72.8 Å². The Morgan fingerprint density at radius 3 is 1.76 bits per heavy atom. The van der Waals surface area contributed by atoms with Crippen molar-refractivity contribution in [2.45, 2.75) is 31.6 Å². The number of unbranched alkanes of at least 4 members (excludes halogenated alkanes) is 1. The largest absolute Gasteiger partial charge is 0.494 e. The van der Waals surface area contributed by atoms with E-state index in [9.17, 15) is 14.4 Å². The van der Waals surface area contributed by atoms with Crippen LogP contribution in [0.5, 0.6) is 5.75 Å². The molecule has 37 heavy (non-hydrogen) atoms. The number of esters is 1.